The van der Waals surface area contributed by atoms with Crippen LogP contribution in [0.1, 0.15) is 18.9 Å². The lowest BCUT2D eigenvalue weighted by molar-refractivity contribution is -0.117. The number of nitrogens with one attached hydrogen (secondary N) is 1. The molecule has 0 aliphatic carbocycles. The van der Waals surface area contributed by atoms with Crippen molar-refractivity contribution in [2.45, 2.75) is 26.3 Å². The molecule has 0 aromatic heterocycles. The van der Waals surface area contributed by atoms with Crippen molar-refractivity contribution in [3.05, 3.63) is 48.0 Å². The fourth-order valence-corrected chi connectivity index (χ4v) is 4.31. The van der Waals surface area contributed by atoms with Gasteiger partial charge in [-0.2, -0.15) is 0 Å². The Kier molecular flexibility index (Phi) is 5.79. The molecule has 3 rings (SSSR count). The molecule has 0 bridgehead atoms. The molecule has 1 N–H and O–H groups in total. The summed E-state index contributed by atoms with van der Waals surface area (Å²) in [6.07, 6.45) is 1.42. The lowest BCUT2D eigenvalue weighted by Crippen LogP contribution is -2.47. The lowest BCUT2D eigenvalue weighted by atomic mass is 10.1. The summed E-state index contributed by atoms with van der Waals surface area (Å²) in [5.41, 5.74) is 1.98. The average molecular weight is 404 g/mol. The molecule has 1 aliphatic heterocycles. The van der Waals surface area contributed by atoms with Crippen LogP contribution in [0.4, 0.5) is 11.4 Å². The Hall–Kier alpha value is -2.74. The van der Waals surface area contributed by atoms with Gasteiger partial charge in [0.1, 0.15) is 19.3 Å². The Labute approximate surface area is 165 Å². The van der Waals surface area contributed by atoms with Crippen molar-refractivity contribution in [1.82, 2.24) is 0 Å². The van der Waals surface area contributed by atoms with Crippen LogP contribution < -0.4 is 19.1 Å². The molecule has 1 aliphatic rings. The highest BCUT2D eigenvalue weighted by Gasteiger charge is 2.31. The van der Waals surface area contributed by atoms with Crippen molar-refractivity contribution < 1.29 is 22.7 Å². The second kappa shape index (κ2) is 8.10. The summed E-state index contributed by atoms with van der Waals surface area (Å²) in [6.45, 7) is 4.62. The number of benzene rings is 2. The molecule has 0 fully saturated rings. The summed E-state index contributed by atoms with van der Waals surface area (Å²) in [7, 11) is -3.67. The maximum Gasteiger partial charge on any atom is 0.248 e. The highest BCUT2D eigenvalue weighted by atomic mass is 32.2. The van der Waals surface area contributed by atoms with Gasteiger partial charge < -0.3 is 14.8 Å². The average Bonchev–Trinajstić information content (AvgIpc) is 2.66. The van der Waals surface area contributed by atoms with E-state index in [1.807, 2.05) is 19.1 Å². The zero-order valence-corrected chi connectivity index (χ0v) is 17.0. The number of amides is 1. The minimum atomic E-state index is -3.67. The molecule has 0 saturated heterocycles. The van der Waals surface area contributed by atoms with Gasteiger partial charge in [-0.1, -0.05) is 24.6 Å². The van der Waals surface area contributed by atoms with Crippen LogP contribution in [0.5, 0.6) is 11.5 Å². The molecule has 0 radical (unpaired) electrons. The third-order valence-electron chi connectivity index (χ3n) is 4.43. The summed E-state index contributed by atoms with van der Waals surface area (Å²) in [4.78, 5) is 13.0. The molecule has 1 heterocycles. The van der Waals surface area contributed by atoms with E-state index in [-0.39, 0.29) is 0 Å². The van der Waals surface area contributed by atoms with Crippen molar-refractivity contribution in [2.75, 3.05) is 29.1 Å². The predicted molar refractivity (Wildman–Crippen MR) is 109 cm³/mol. The highest BCUT2D eigenvalue weighted by molar-refractivity contribution is 7.92. The van der Waals surface area contributed by atoms with Crippen molar-refractivity contribution in [1.29, 1.82) is 0 Å². The summed E-state index contributed by atoms with van der Waals surface area (Å²) in [6, 6.07) is 11.3. The third-order valence-corrected chi connectivity index (χ3v) is 5.61. The maximum absolute atomic E-state index is 13.0. The van der Waals surface area contributed by atoms with E-state index in [0.29, 0.717) is 42.5 Å². The maximum atomic E-state index is 13.0. The summed E-state index contributed by atoms with van der Waals surface area (Å²) in [5, 5.41) is 2.80. The lowest BCUT2D eigenvalue weighted by Gasteiger charge is -2.30. The van der Waals surface area contributed by atoms with Crippen molar-refractivity contribution in [3.8, 4) is 11.5 Å². The molecule has 28 heavy (non-hydrogen) atoms. The van der Waals surface area contributed by atoms with E-state index in [4.69, 9.17) is 9.47 Å². The van der Waals surface area contributed by atoms with E-state index in [1.165, 1.54) is 4.31 Å². The van der Waals surface area contributed by atoms with E-state index >= 15 is 0 Å². The van der Waals surface area contributed by atoms with Gasteiger partial charge in [0, 0.05) is 11.8 Å². The molecular formula is C20H24N2O5S. The van der Waals surface area contributed by atoms with Crippen LogP contribution in [0.3, 0.4) is 0 Å². The first-order chi connectivity index (χ1) is 13.3. The molecule has 1 amide bonds. The van der Waals surface area contributed by atoms with E-state index in [0.717, 1.165) is 11.8 Å². The molecule has 8 heteroatoms. The number of nitrogens with zero attached hydrogens (tertiary/aromatic N) is 1. The minimum Gasteiger partial charge on any atom is -0.486 e. The standard InChI is InChI=1S/C20H24N2O5S/c1-4-17(22(28(3,24)25)16-8-5-14(2)6-9-16)20(23)21-15-7-10-18-19(13-15)27-12-11-26-18/h5-10,13,17H,4,11-12H2,1-3H3,(H,21,23). The zero-order valence-electron chi connectivity index (χ0n) is 16.1. The van der Waals surface area contributed by atoms with Crippen LogP contribution in [0.2, 0.25) is 0 Å². The first-order valence-corrected chi connectivity index (χ1v) is 10.9. The second-order valence-corrected chi connectivity index (χ2v) is 8.53. The van der Waals surface area contributed by atoms with Crippen LogP contribution in [0.15, 0.2) is 42.5 Å². The molecule has 7 nitrogen and oxygen atoms in total. The van der Waals surface area contributed by atoms with Crippen molar-refractivity contribution in [3.63, 3.8) is 0 Å². The van der Waals surface area contributed by atoms with Crippen LogP contribution in [0, 0.1) is 6.92 Å². The third kappa shape index (κ3) is 4.39. The minimum absolute atomic E-state index is 0.317. The predicted octanol–water partition coefficient (Wildman–Crippen LogP) is 2.95. The molecule has 2 aromatic carbocycles. The summed E-state index contributed by atoms with van der Waals surface area (Å²) < 4.78 is 37.1. The first kappa shape index (κ1) is 20.0. The Morgan fingerprint density at radius 1 is 1.11 bits per heavy atom. The normalized spacial score (nSPS) is 14.2. The molecule has 2 aromatic rings. The largest absolute Gasteiger partial charge is 0.486 e. The number of ether oxygens (including phenoxy) is 2. The Morgan fingerprint density at radius 2 is 1.75 bits per heavy atom. The van der Waals surface area contributed by atoms with Gasteiger partial charge in [-0.3, -0.25) is 9.10 Å². The van der Waals surface area contributed by atoms with Gasteiger partial charge in [0.25, 0.3) is 0 Å². The number of fused-ring (bicyclic) bond motifs is 1. The van der Waals surface area contributed by atoms with Crippen molar-refractivity contribution >= 4 is 27.3 Å². The van der Waals surface area contributed by atoms with Gasteiger partial charge in [0.2, 0.25) is 15.9 Å². The number of anilines is 2. The molecular weight excluding hydrogens is 380 g/mol. The fraction of sp³-hybridized carbons (Fsp3) is 0.350. The van der Waals surface area contributed by atoms with Crippen LogP contribution in [-0.2, 0) is 14.8 Å². The number of aryl methyl sites for hydroxylation is 1. The number of rotatable bonds is 6. The van der Waals surface area contributed by atoms with Gasteiger partial charge in [-0.25, -0.2) is 8.42 Å². The van der Waals surface area contributed by atoms with E-state index in [9.17, 15) is 13.2 Å². The van der Waals surface area contributed by atoms with E-state index < -0.39 is 22.0 Å². The van der Waals surface area contributed by atoms with E-state index in [2.05, 4.69) is 5.32 Å². The van der Waals surface area contributed by atoms with Crippen LogP contribution >= 0.6 is 0 Å². The fourth-order valence-electron chi connectivity index (χ4n) is 3.10. The van der Waals surface area contributed by atoms with Crippen molar-refractivity contribution in [2.24, 2.45) is 0 Å². The Balaban J connectivity index is 1.87. The van der Waals surface area contributed by atoms with Gasteiger partial charge in [-0.15, -0.1) is 0 Å². The molecule has 1 unspecified atom stereocenters. The first-order valence-electron chi connectivity index (χ1n) is 9.06. The number of hydrogen-bond donors (Lipinski definition) is 1. The van der Waals surface area contributed by atoms with Crippen LogP contribution in [0.25, 0.3) is 0 Å². The topological polar surface area (TPSA) is 84.9 Å². The monoisotopic (exact) mass is 404 g/mol. The number of carbonyl (C=O) groups is 1. The zero-order chi connectivity index (χ0) is 20.3. The molecule has 0 saturated carbocycles. The molecule has 1 atom stereocenters. The Morgan fingerprint density at radius 3 is 2.36 bits per heavy atom. The second-order valence-electron chi connectivity index (χ2n) is 6.67. The summed E-state index contributed by atoms with van der Waals surface area (Å²) in [5.74, 6) is 0.759. The summed E-state index contributed by atoms with van der Waals surface area (Å²) >= 11 is 0. The molecule has 150 valence electrons. The number of carbonyl (C=O) groups excluding carboxylic acids is 1. The van der Waals surface area contributed by atoms with Gasteiger partial charge in [-0.05, 0) is 37.6 Å². The van der Waals surface area contributed by atoms with Gasteiger partial charge >= 0.3 is 0 Å². The number of hydrogen-bond acceptors (Lipinski definition) is 5. The van der Waals surface area contributed by atoms with E-state index in [1.54, 1.807) is 37.3 Å². The molecule has 0 spiro atoms. The highest BCUT2D eigenvalue weighted by Crippen LogP contribution is 2.33. The SMILES string of the molecule is CCC(C(=O)Nc1ccc2c(c1)OCCO2)N(c1ccc(C)cc1)S(C)(=O)=O. The van der Waals surface area contributed by atoms with Gasteiger partial charge in [0.05, 0.1) is 11.9 Å². The van der Waals surface area contributed by atoms with Gasteiger partial charge in [0.15, 0.2) is 11.5 Å². The smallest absolute Gasteiger partial charge is 0.248 e. The Bertz CT molecular complexity index is 957. The quantitative estimate of drug-likeness (QED) is 0.800. The van der Waals surface area contributed by atoms with Crippen LogP contribution in [-0.4, -0.2) is 39.8 Å². The number of sulfonamides is 1.